The van der Waals surface area contributed by atoms with E-state index in [0.29, 0.717) is 0 Å². The van der Waals surface area contributed by atoms with Crippen LogP contribution in [0.2, 0.25) is 0 Å². The van der Waals surface area contributed by atoms with Crippen molar-refractivity contribution in [2.24, 2.45) is 0 Å². The summed E-state index contributed by atoms with van der Waals surface area (Å²) < 4.78 is 0. The lowest BCUT2D eigenvalue weighted by molar-refractivity contribution is 0.401. The molecule has 0 radical (unpaired) electrons. The SMILES string of the molecule is CCCCCCC1(CCCCCC)c2ccccc2-c2ccc(-c3ccc4cc(-c5ccc6ccccc6c5)ccc4c3)cc21. The monoisotopic (exact) mass is 586 g/mol. The molecule has 6 aromatic carbocycles. The quantitative estimate of drug-likeness (QED) is 0.125. The van der Waals surface area contributed by atoms with E-state index in [1.807, 2.05) is 0 Å². The molecule has 0 saturated heterocycles. The molecule has 0 atom stereocenters. The maximum atomic E-state index is 2.57. The molecule has 0 unspecified atom stereocenters. The number of fused-ring (bicyclic) bond motifs is 5. The average Bonchev–Trinajstić information content (AvgIpc) is 3.37. The third-order valence-corrected chi connectivity index (χ3v) is 10.4. The van der Waals surface area contributed by atoms with Crippen molar-refractivity contribution >= 4 is 21.5 Å². The minimum atomic E-state index is 0.120. The second kappa shape index (κ2) is 13.1. The molecule has 0 fully saturated rings. The van der Waals surface area contributed by atoms with Gasteiger partial charge in [-0.1, -0.05) is 162 Å². The van der Waals surface area contributed by atoms with E-state index in [1.165, 1.54) is 119 Å². The lowest BCUT2D eigenvalue weighted by Crippen LogP contribution is -2.25. The molecule has 0 aromatic heterocycles. The van der Waals surface area contributed by atoms with Crippen LogP contribution in [0.5, 0.6) is 0 Å². The van der Waals surface area contributed by atoms with E-state index >= 15 is 0 Å². The van der Waals surface area contributed by atoms with Crippen molar-refractivity contribution in [3.63, 3.8) is 0 Å². The zero-order chi connectivity index (χ0) is 30.6. The Kier molecular flexibility index (Phi) is 8.57. The van der Waals surface area contributed by atoms with Gasteiger partial charge in [0.1, 0.15) is 0 Å². The molecule has 0 nitrogen and oxygen atoms in total. The average molecular weight is 587 g/mol. The minimum Gasteiger partial charge on any atom is -0.0654 e. The third kappa shape index (κ3) is 5.72. The lowest BCUT2D eigenvalue weighted by Gasteiger charge is -2.33. The Morgan fingerprint density at radius 3 is 1.47 bits per heavy atom. The van der Waals surface area contributed by atoms with Crippen LogP contribution in [0.15, 0.2) is 121 Å². The van der Waals surface area contributed by atoms with Gasteiger partial charge in [-0.2, -0.15) is 0 Å². The van der Waals surface area contributed by atoms with Gasteiger partial charge in [0.25, 0.3) is 0 Å². The van der Waals surface area contributed by atoms with E-state index in [2.05, 4.69) is 135 Å². The molecular weight excluding hydrogens is 540 g/mol. The van der Waals surface area contributed by atoms with Crippen LogP contribution in [0.25, 0.3) is 54.9 Å². The van der Waals surface area contributed by atoms with Crippen molar-refractivity contribution in [1.29, 1.82) is 0 Å². The van der Waals surface area contributed by atoms with Gasteiger partial charge >= 0.3 is 0 Å². The van der Waals surface area contributed by atoms with E-state index < -0.39 is 0 Å². The standard InChI is InChI=1S/C45H46/c1-3-5-7-13-27-45(28-14-8-6-4-2)43-18-12-11-17-41(43)42-26-25-40(32-44(42)45)39-24-23-37-30-36(21-22-38(37)31-39)35-20-19-33-15-9-10-16-34(33)29-35/h9-12,15-26,29-32H,3-8,13-14,27-28H2,1-2H3. The first-order valence-electron chi connectivity index (χ1n) is 17.5. The van der Waals surface area contributed by atoms with Gasteiger partial charge in [-0.3, -0.25) is 0 Å². The van der Waals surface area contributed by atoms with Crippen molar-refractivity contribution in [3.05, 3.63) is 132 Å². The van der Waals surface area contributed by atoms with Crippen LogP contribution in [-0.4, -0.2) is 0 Å². The molecule has 1 aliphatic rings. The fourth-order valence-electron chi connectivity index (χ4n) is 7.98. The summed E-state index contributed by atoms with van der Waals surface area (Å²) in [5.74, 6) is 0. The summed E-state index contributed by atoms with van der Waals surface area (Å²) in [7, 11) is 0. The minimum absolute atomic E-state index is 0.120. The van der Waals surface area contributed by atoms with Gasteiger partial charge in [0.15, 0.2) is 0 Å². The fraction of sp³-hybridized carbons (Fsp3) is 0.289. The van der Waals surface area contributed by atoms with E-state index in [4.69, 9.17) is 0 Å². The van der Waals surface area contributed by atoms with Crippen molar-refractivity contribution in [2.75, 3.05) is 0 Å². The summed E-state index contributed by atoms with van der Waals surface area (Å²) in [6, 6.07) is 46.1. The number of rotatable bonds is 12. The van der Waals surface area contributed by atoms with Gasteiger partial charge in [-0.25, -0.2) is 0 Å². The van der Waals surface area contributed by atoms with Gasteiger partial charge in [0, 0.05) is 5.41 Å². The number of unbranched alkanes of at least 4 members (excludes halogenated alkanes) is 6. The van der Waals surface area contributed by atoms with E-state index in [1.54, 1.807) is 11.1 Å². The Bertz CT molecular complexity index is 1930. The predicted molar refractivity (Wildman–Crippen MR) is 196 cm³/mol. The predicted octanol–water partition coefficient (Wildman–Crippen LogP) is 13.5. The second-order valence-electron chi connectivity index (χ2n) is 13.3. The van der Waals surface area contributed by atoms with Crippen LogP contribution in [0.3, 0.4) is 0 Å². The molecular formula is C45H46. The van der Waals surface area contributed by atoms with Crippen LogP contribution < -0.4 is 0 Å². The summed E-state index contributed by atoms with van der Waals surface area (Å²) >= 11 is 0. The lowest BCUT2D eigenvalue weighted by atomic mass is 9.70. The van der Waals surface area contributed by atoms with Crippen molar-refractivity contribution in [2.45, 2.75) is 83.5 Å². The molecule has 0 heterocycles. The van der Waals surface area contributed by atoms with Gasteiger partial charge in [-0.05, 0) is 103 Å². The largest absolute Gasteiger partial charge is 0.0654 e. The maximum absolute atomic E-state index is 2.57. The smallest absolute Gasteiger partial charge is 0.0215 e. The zero-order valence-electron chi connectivity index (χ0n) is 27.1. The highest BCUT2D eigenvalue weighted by Gasteiger charge is 2.42. The molecule has 6 aromatic rings. The molecule has 226 valence electrons. The molecule has 0 bridgehead atoms. The van der Waals surface area contributed by atoms with Crippen LogP contribution in [0, 0.1) is 0 Å². The van der Waals surface area contributed by atoms with Gasteiger partial charge in [-0.15, -0.1) is 0 Å². The summed E-state index contributed by atoms with van der Waals surface area (Å²) in [6.07, 6.45) is 13.0. The number of benzene rings is 6. The first-order valence-corrected chi connectivity index (χ1v) is 17.5. The zero-order valence-corrected chi connectivity index (χ0v) is 27.1. The molecule has 7 rings (SSSR count). The molecule has 0 amide bonds. The molecule has 0 heteroatoms. The molecule has 1 aliphatic carbocycles. The van der Waals surface area contributed by atoms with Crippen LogP contribution in [0.4, 0.5) is 0 Å². The van der Waals surface area contributed by atoms with Crippen molar-refractivity contribution < 1.29 is 0 Å². The summed E-state index contributed by atoms with van der Waals surface area (Å²) in [5, 5.41) is 5.16. The highest BCUT2D eigenvalue weighted by atomic mass is 14.4. The Balaban J connectivity index is 1.25. The fourth-order valence-corrected chi connectivity index (χ4v) is 7.98. The highest BCUT2D eigenvalue weighted by molar-refractivity contribution is 5.93. The Morgan fingerprint density at radius 2 is 0.844 bits per heavy atom. The molecule has 0 saturated carbocycles. The number of hydrogen-bond donors (Lipinski definition) is 0. The van der Waals surface area contributed by atoms with Crippen LogP contribution in [0.1, 0.15) is 89.2 Å². The summed E-state index contributed by atoms with van der Waals surface area (Å²) in [4.78, 5) is 0. The molecule has 0 spiro atoms. The van der Waals surface area contributed by atoms with Crippen molar-refractivity contribution in [1.82, 2.24) is 0 Å². The second-order valence-corrected chi connectivity index (χ2v) is 13.3. The first kappa shape index (κ1) is 29.5. The molecule has 45 heavy (non-hydrogen) atoms. The Labute approximate surface area is 270 Å². The molecule has 0 aliphatic heterocycles. The van der Waals surface area contributed by atoms with Gasteiger partial charge in [0.05, 0.1) is 0 Å². The Morgan fingerprint density at radius 1 is 0.378 bits per heavy atom. The van der Waals surface area contributed by atoms with E-state index in [0.717, 1.165) is 0 Å². The first-order chi connectivity index (χ1) is 22.2. The van der Waals surface area contributed by atoms with Gasteiger partial charge < -0.3 is 0 Å². The summed E-state index contributed by atoms with van der Waals surface area (Å²) in [5.41, 5.74) is 11.4. The van der Waals surface area contributed by atoms with Crippen LogP contribution >= 0.6 is 0 Å². The third-order valence-electron chi connectivity index (χ3n) is 10.4. The van der Waals surface area contributed by atoms with Crippen LogP contribution in [-0.2, 0) is 5.41 Å². The highest BCUT2D eigenvalue weighted by Crippen LogP contribution is 2.55. The normalized spacial score (nSPS) is 13.3. The summed E-state index contributed by atoms with van der Waals surface area (Å²) in [6.45, 7) is 4.64. The topological polar surface area (TPSA) is 0 Å². The van der Waals surface area contributed by atoms with Crippen molar-refractivity contribution in [3.8, 4) is 33.4 Å². The van der Waals surface area contributed by atoms with Gasteiger partial charge in [0.2, 0.25) is 0 Å². The number of hydrogen-bond acceptors (Lipinski definition) is 0. The Hall–Kier alpha value is -4.16. The molecule has 0 N–H and O–H groups in total. The van der Waals surface area contributed by atoms with E-state index in [-0.39, 0.29) is 5.41 Å². The maximum Gasteiger partial charge on any atom is 0.0215 e. The van der Waals surface area contributed by atoms with E-state index in [9.17, 15) is 0 Å².